The number of para-hydroxylation sites is 1. The summed E-state index contributed by atoms with van der Waals surface area (Å²) in [4.78, 5) is 0. The lowest BCUT2D eigenvalue weighted by Crippen LogP contribution is -2.27. The third-order valence-corrected chi connectivity index (χ3v) is 2.21. The number of alkyl halides is 3. The molecule has 1 rings (SSSR count). The number of benzene rings is 1. The van der Waals surface area contributed by atoms with Crippen LogP contribution in [0.2, 0.25) is 0 Å². The first-order valence-corrected chi connectivity index (χ1v) is 4.79. The van der Waals surface area contributed by atoms with Crippen molar-refractivity contribution < 1.29 is 25.8 Å². The van der Waals surface area contributed by atoms with Crippen LogP contribution in [-0.4, -0.2) is 13.9 Å². The maximum atomic E-state index is 11.8. The highest BCUT2D eigenvalue weighted by atomic mass is 32.2. The molecule has 0 aliphatic heterocycles. The van der Waals surface area contributed by atoms with Gasteiger partial charge in [-0.1, -0.05) is 25.6 Å². The van der Waals surface area contributed by atoms with Crippen molar-refractivity contribution in [3.63, 3.8) is 0 Å². The third-order valence-electron chi connectivity index (χ3n) is 1.23. The standard InChI is InChI=1S/C7H5F3O3S.CH4/c8-7(9,10)14(11,12)13-6-4-2-1-3-5-6;/h1-5H;1H4. The molecule has 0 heterocycles. The second-order valence-corrected chi connectivity index (χ2v) is 3.83. The van der Waals surface area contributed by atoms with Crippen molar-refractivity contribution in [1.29, 1.82) is 0 Å². The second kappa shape index (κ2) is 4.52. The van der Waals surface area contributed by atoms with Gasteiger partial charge in [-0.3, -0.25) is 0 Å². The molecule has 0 aromatic heterocycles. The summed E-state index contributed by atoms with van der Waals surface area (Å²) in [6.07, 6.45) is 0. The molecule has 0 radical (unpaired) electrons. The highest BCUT2D eigenvalue weighted by Gasteiger charge is 2.48. The van der Waals surface area contributed by atoms with Crippen LogP contribution in [0.4, 0.5) is 13.2 Å². The topological polar surface area (TPSA) is 43.4 Å². The molecule has 0 aliphatic rings. The van der Waals surface area contributed by atoms with Crippen molar-refractivity contribution in [2.45, 2.75) is 12.9 Å². The summed E-state index contributed by atoms with van der Waals surface area (Å²) in [6.45, 7) is 0. The fraction of sp³-hybridized carbons (Fsp3) is 0.250. The summed E-state index contributed by atoms with van der Waals surface area (Å²) in [5.41, 5.74) is -5.40. The number of hydrogen-bond donors (Lipinski definition) is 0. The molecule has 15 heavy (non-hydrogen) atoms. The summed E-state index contributed by atoms with van der Waals surface area (Å²) in [5, 5.41) is 0. The second-order valence-electron chi connectivity index (χ2n) is 2.30. The molecule has 0 atom stereocenters. The van der Waals surface area contributed by atoms with Gasteiger partial charge in [0.1, 0.15) is 5.75 Å². The van der Waals surface area contributed by atoms with Crippen LogP contribution in [0.1, 0.15) is 7.43 Å². The van der Waals surface area contributed by atoms with Crippen molar-refractivity contribution in [2.75, 3.05) is 0 Å². The fourth-order valence-electron chi connectivity index (χ4n) is 0.650. The minimum Gasteiger partial charge on any atom is -0.376 e. The Hall–Kier alpha value is -1.24. The molecular formula is C8H9F3O3S. The van der Waals surface area contributed by atoms with Crippen LogP contribution in [0.5, 0.6) is 5.75 Å². The Kier molecular flexibility index (Phi) is 4.15. The Morgan fingerprint density at radius 1 is 1.07 bits per heavy atom. The summed E-state index contributed by atoms with van der Waals surface area (Å²) < 4.78 is 60.2. The number of halogens is 3. The van der Waals surface area contributed by atoms with Gasteiger partial charge in [-0.05, 0) is 12.1 Å². The van der Waals surface area contributed by atoms with E-state index in [0.29, 0.717) is 0 Å². The van der Waals surface area contributed by atoms with E-state index >= 15 is 0 Å². The van der Waals surface area contributed by atoms with Gasteiger partial charge in [0, 0.05) is 0 Å². The summed E-state index contributed by atoms with van der Waals surface area (Å²) in [7, 11) is -5.55. The molecule has 0 bridgehead atoms. The summed E-state index contributed by atoms with van der Waals surface area (Å²) in [6, 6.07) is 6.47. The van der Waals surface area contributed by atoms with E-state index in [1.54, 1.807) is 0 Å². The Labute approximate surface area is 85.6 Å². The molecule has 1 aromatic carbocycles. The van der Waals surface area contributed by atoms with Gasteiger partial charge in [0.25, 0.3) is 0 Å². The Balaban J connectivity index is 0.00000196. The molecule has 1 aromatic rings. The van der Waals surface area contributed by atoms with Crippen LogP contribution in [-0.2, 0) is 10.1 Å². The molecule has 7 heteroatoms. The fourth-order valence-corrected chi connectivity index (χ4v) is 1.11. The molecule has 0 aliphatic carbocycles. The van der Waals surface area contributed by atoms with Gasteiger partial charge < -0.3 is 4.18 Å². The molecule has 0 saturated heterocycles. The lowest BCUT2D eigenvalue weighted by Gasteiger charge is -2.08. The highest BCUT2D eigenvalue weighted by Crippen LogP contribution is 2.26. The first-order chi connectivity index (χ1) is 6.33. The van der Waals surface area contributed by atoms with Gasteiger partial charge in [-0.2, -0.15) is 21.6 Å². The Morgan fingerprint density at radius 2 is 1.53 bits per heavy atom. The zero-order valence-corrected chi connectivity index (χ0v) is 7.47. The van der Waals surface area contributed by atoms with E-state index in [0.717, 1.165) is 12.1 Å². The van der Waals surface area contributed by atoms with Gasteiger partial charge in [0.15, 0.2) is 0 Å². The van der Waals surface area contributed by atoms with Crippen LogP contribution in [0, 0.1) is 0 Å². The monoisotopic (exact) mass is 242 g/mol. The average Bonchev–Trinajstić information content (AvgIpc) is 2.03. The maximum absolute atomic E-state index is 11.8. The highest BCUT2D eigenvalue weighted by molar-refractivity contribution is 7.87. The minimum atomic E-state index is -5.55. The molecular weight excluding hydrogens is 233 g/mol. The molecule has 0 unspecified atom stereocenters. The van der Waals surface area contributed by atoms with Crippen molar-refractivity contribution in [2.24, 2.45) is 0 Å². The van der Waals surface area contributed by atoms with E-state index in [9.17, 15) is 21.6 Å². The molecule has 3 nitrogen and oxygen atoms in total. The van der Waals surface area contributed by atoms with Crippen molar-refractivity contribution in [3.8, 4) is 5.75 Å². The maximum Gasteiger partial charge on any atom is 0.534 e. The third kappa shape index (κ3) is 3.43. The van der Waals surface area contributed by atoms with E-state index in [2.05, 4.69) is 4.18 Å². The number of hydrogen-bond acceptors (Lipinski definition) is 3. The van der Waals surface area contributed by atoms with Gasteiger partial charge in [0.2, 0.25) is 0 Å². The summed E-state index contributed by atoms with van der Waals surface area (Å²) in [5.74, 6) is -0.371. The molecule has 0 saturated carbocycles. The van der Waals surface area contributed by atoms with E-state index < -0.39 is 15.6 Å². The molecule has 86 valence electrons. The van der Waals surface area contributed by atoms with Gasteiger partial charge in [0.05, 0.1) is 0 Å². The van der Waals surface area contributed by atoms with Crippen molar-refractivity contribution >= 4 is 10.1 Å². The van der Waals surface area contributed by atoms with E-state index in [-0.39, 0.29) is 13.2 Å². The first-order valence-electron chi connectivity index (χ1n) is 3.39. The minimum absolute atomic E-state index is 0. The largest absolute Gasteiger partial charge is 0.534 e. The lowest BCUT2D eigenvalue weighted by atomic mass is 10.3. The summed E-state index contributed by atoms with van der Waals surface area (Å²) >= 11 is 0. The zero-order valence-electron chi connectivity index (χ0n) is 6.65. The average molecular weight is 242 g/mol. The quantitative estimate of drug-likeness (QED) is 0.591. The van der Waals surface area contributed by atoms with Crippen molar-refractivity contribution in [3.05, 3.63) is 30.3 Å². The normalized spacial score (nSPS) is 11.7. The SMILES string of the molecule is C.O=S(=O)(Oc1ccccc1)C(F)(F)F. The molecule has 0 N–H and O–H groups in total. The first kappa shape index (κ1) is 13.8. The van der Waals surface area contributed by atoms with Gasteiger partial charge in [-0.25, -0.2) is 0 Å². The van der Waals surface area contributed by atoms with Crippen LogP contribution in [0.3, 0.4) is 0 Å². The molecule has 0 fully saturated rings. The Bertz CT molecular complexity index is 397. The number of rotatable bonds is 2. The van der Waals surface area contributed by atoms with Gasteiger partial charge >= 0.3 is 15.6 Å². The van der Waals surface area contributed by atoms with Crippen LogP contribution in [0.15, 0.2) is 30.3 Å². The smallest absolute Gasteiger partial charge is 0.376 e. The molecule has 0 amide bonds. The zero-order chi connectivity index (χ0) is 10.8. The lowest BCUT2D eigenvalue weighted by molar-refractivity contribution is -0.0500. The van der Waals surface area contributed by atoms with E-state index in [1.807, 2.05) is 0 Å². The van der Waals surface area contributed by atoms with E-state index in [4.69, 9.17) is 0 Å². The van der Waals surface area contributed by atoms with Crippen LogP contribution >= 0.6 is 0 Å². The van der Waals surface area contributed by atoms with Crippen LogP contribution < -0.4 is 4.18 Å². The van der Waals surface area contributed by atoms with Gasteiger partial charge in [-0.15, -0.1) is 0 Å². The Morgan fingerprint density at radius 3 is 1.93 bits per heavy atom. The van der Waals surface area contributed by atoms with Crippen molar-refractivity contribution in [1.82, 2.24) is 0 Å². The van der Waals surface area contributed by atoms with E-state index in [1.165, 1.54) is 18.2 Å². The van der Waals surface area contributed by atoms with Crippen LogP contribution in [0.25, 0.3) is 0 Å². The predicted octanol–water partition coefficient (Wildman–Crippen LogP) is 2.55. The predicted molar refractivity (Wildman–Crippen MR) is 48.8 cm³/mol. The molecule has 0 spiro atoms.